The van der Waals surface area contributed by atoms with Crippen LogP contribution in [0.5, 0.6) is 0 Å². The summed E-state index contributed by atoms with van der Waals surface area (Å²) in [5, 5.41) is 6.22. The Morgan fingerprint density at radius 1 is 1.44 bits per heavy atom. The standard InChI is InChI=1S/C13H17IN2O.ClH/c1-9-5-6-10(8-11(9)14)16-13(17)12-4-2-3-7-15-12;/h5-6,8,12,15H,2-4,7H2,1H3,(H,16,17);1H/t12-;/m0./s1. The molecule has 1 heterocycles. The molecule has 1 aromatic rings. The zero-order chi connectivity index (χ0) is 12.3. The number of piperidine rings is 1. The summed E-state index contributed by atoms with van der Waals surface area (Å²) in [4.78, 5) is 12.0. The summed E-state index contributed by atoms with van der Waals surface area (Å²) < 4.78 is 1.18. The minimum atomic E-state index is -0.0253. The van der Waals surface area contributed by atoms with Crippen LogP contribution < -0.4 is 10.6 Å². The van der Waals surface area contributed by atoms with Gasteiger partial charge in [-0.25, -0.2) is 0 Å². The second-order valence-corrected chi connectivity index (χ2v) is 5.62. The number of halogens is 2. The Balaban J connectivity index is 0.00000162. The van der Waals surface area contributed by atoms with E-state index in [9.17, 15) is 4.79 Å². The lowest BCUT2D eigenvalue weighted by Crippen LogP contribution is -2.43. The number of carbonyl (C=O) groups is 1. The highest BCUT2D eigenvalue weighted by Crippen LogP contribution is 2.18. The van der Waals surface area contributed by atoms with Crippen molar-refractivity contribution in [2.75, 3.05) is 11.9 Å². The van der Waals surface area contributed by atoms with E-state index >= 15 is 0 Å². The first-order valence-electron chi connectivity index (χ1n) is 5.97. The molecule has 0 unspecified atom stereocenters. The fourth-order valence-electron chi connectivity index (χ4n) is 1.98. The third-order valence-corrected chi connectivity index (χ3v) is 4.23. The number of rotatable bonds is 2. The number of hydrogen-bond acceptors (Lipinski definition) is 2. The predicted molar refractivity (Wildman–Crippen MR) is 85.4 cm³/mol. The average molecular weight is 381 g/mol. The first-order chi connectivity index (χ1) is 8.16. The molecule has 1 atom stereocenters. The van der Waals surface area contributed by atoms with Crippen molar-refractivity contribution in [3.8, 4) is 0 Å². The van der Waals surface area contributed by atoms with Crippen molar-refractivity contribution < 1.29 is 4.79 Å². The zero-order valence-corrected chi connectivity index (χ0v) is 13.3. The second kappa shape index (κ2) is 7.31. The van der Waals surface area contributed by atoms with Crippen LogP contribution in [0.2, 0.25) is 0 Å². The van der Waals surface area contributed by atoms with E-state index in [0.29, 0.717) is 0 Å². The Morgan fingerprint density at radius 2 is 2.22 bits per heavy atom. The van der Waals surface area contributed by atoms with Crippen molar-refractivity contribution in [1.29, 1.82) is 0 Å². The molecule has 1 aliphatic rings. The van der Waals surface area contributed by atoms with Crippen LogP contribution in [0.15, 0.2) is 18.2 Å². The highest BCUT2D eigenvalue weighted by Gasteiger charge is 2.20. The molecule has 0 bridgehead atoms. The molecule has 100 valence electrons. The SMILES string of the molecule is Cc1ccc(NC(=O)[C@@H]2CCCCN2)cc1I.Cl. The van der Waals surface area contributed by atoms with Gasteiger partial charge < -0.3 is 10.6 Å². The summed E-state index contributed by atoms with van der Waals surface area (Å²) in [5.41, 5.74) is 2.12. The molecule has 2 rings (SSSR count). The number of hydrogen-bond donors (Lipinski definition) is 2. The van der Waals surface area contributed by atoms with Crippen LogP contribution in [0.3, 0.4) is 0 Å². The van der Waals surface area contributed by atoms with Gasteiger partial charge in [-0.1, -0.05) is 12.5 Å². The fourth-order valence-corrected chi connectivity index (χ4v) is 2.49. The number of aryl methyl sites for hydroxylation is 1. The second-order valence-electron chi connectivity index (χ2n) is 4.46. The van der Waals surface area contributed by atoms with Gasteiger partial charge in [-0.15, -0.1) is 12.4 Å². The van der Waals surface area contributed by atoms with Crippen molar-refractivity contribution in [2.24, 2.45) is 0 Å². The van der Waals surface area contributed by atoms with E-state index < -0.39 is 0 Å². The summed E-state index contributed by atoms with van der Waals surface area (Å²) in [6.07, 6.45) is 3.25. The number of benzene rings is 1. The first kappa shape index (κ1) is 15.7. The van der Waals surface area contributed by atoms with Crippen LogP contribution in [0.1, 0.15) is 24.8 Å². The van der Waals surface area contributed by atoms with E-state index in [1.54, 1.807) is 0 Å². The van der Waals surface area contributed by atoms with E-state index in [2.05, 4.69) is 40.1 Å². The first-order valence-corrected chi connectivity index (χ1v) is 7.05. The van der Waals surface area contributed by atoms with Crippen LogP contribution in [0.4, 0.5) is 5.69 Å². The summed E-state index contributed by atoms with van der Waals surface area (Å²) in [7, 11) is 0. The molecule has 0 aliphatic carbocycles. The molecule has 0 radical (unpaired) electrons. The average Bonchev–Trinajstić information content (AvgIpc) is 2.35. The molecular formula is C13H18ClIN2O. The summed E-state index contributed by atoms with van der Waals surface area (Å²) in [6, 6.07) is 5.98. The van der Waals surface area contributed by atoms with Crippen molar-refractivity contribution in [2.45, 2.75) is 32.2 Å². The number of carbonyl (C=O) groups excluding carboxylic acids is 1. The van der Waals surface area contributed by atoms with Gasteiger partial charge in [-0.2, -0.15) is 0 Å². The molecule has 2 N–H and O–H groups in total. The lowest BCUT2D eigenvalue weighted by atomic mass is 10.0. The predicted octanol–water partition coefficient (Wildman–Crippen LogP) is 3.10. The maximum Gasteiger partial charge on any atom is 0.241 e. The Labute approximate surface area is 128 Å². The number of nitrogens with one attached hydrogen (secondary N) is 2. The van der Waals surface area contributed by atoms with E-state index in [-0.39, 0.29) is 24.4 Å². The topological polar surface area (TPSA) is 41.1 Å². The normalized spacial score (nSPS) is 18.9. The smallest absolute Gasteiger partial charge is 0.241 e. The largest absolute Gasteiger partial charge is 0.325 e. The molecule has 18 heavy (non-hydrogen) atoms. The quantitative estimate of drug-likeness (QED) is 0.774. The van der Waals surface area contributed by atoms with Crippen LogP contribution in [-0.4, -0.2) is 18.5 Å². The minimum Gasteiger partial charge on any atom is -0.325 e. The monoisotopic (exact) mass is 380 g/mol. The number of amides is 1. The molecule has 1 aromatic carbocycles. The van der Waals surface area contributed by atoms with Gasteiger partial charge in [0.1, 0.15) is 0 Å². The molecule has 5 heteroatoms. The molecule has 1 amide bonds. The van der Waals surface area contributed by atoms with Crippen LogP contribution in [0, 0.1) is 10.5 Å². The Bertz CT molecular complexity index is 419. The number of anilines is 1. The van der Waals surface area contributed by atoms with Gasteiger partial charge in [-0.3, -0.25) is 4.79 Å². The minimum absolute atomic E-state index is 0. The Morgan fingerprint density at radius 3 is 2.83 bits per heavy atom. The van der Waals surface area contributed by atoms with Crippen molar-refractivity contribution >= 4 is 46.6 Å². The van der Waals surface area contributed by atoms with Gasteiger partial charge in [0.15, 0.2) is 0 Å². The highest BCUT2D eigenvalue weighted by molar-refractivity contribution is 14.1. The Kier molecular flexibility index (Phi) is 6.38. The zero-order valence-electron chi connectivity index (χ0n) is 10.3. The summed E-state index contributed by atoms with van der Waals surface area (Å²) in [5.74, 6) is 0.0874. The van der Waals surface area contributed by atoms with E-state index in [1.165, 1.54) is 15.6 Å². The van der Waals surface area contributed by atoms with Gasteiger partial charge in [0.25, 0.3) is 0 Å². The fraction of sp³-hybridized carbons (Fsp3) is 0.462. The molecule has 1 fully saturated rings. The van der Waals surface area contributed by atoms with Crippen LogP contribution in [-0.2, 0) is 4.79 Å². The van der Waals surface area contributed by atoms with Gasteiger partial charge in [0.05, 0.1) is 6.04 Å². The van der Waals surface area contributed by atoms with Crippen LogP contribution >= 0.6 is 35.0 Å². The van der Waals surface area contributed by atoms with Crippen molar-refractivity contribution in [3.05, 3.63) is 27.3 Å². The van der Waals surface area contributed by atoms with Crippen molar-refractivity contribution in [3.63, 3.8) is 0 Å². The van der Waals surface area contributed by atoms with Gasteiger partial charge in [-0.05, 0) is 66.6 Å². The van der Waals surface area contributed by atoms with Gasteiger partial charge in [0.2, 0.25) is 5.91 Å². The van der Waals surface area contributed by atoms with Gasteiger partial charge in [0, 0.05) is 9.26 Å². The van der Waals surface area contributed by atoms with E-state index in [0.717, 1.165) is 25.1 Å². The van der Waals surface area contributed by atoms with E-state index in [1.807, 2.05) is 18.2 Å². The van der Waals surface area contributed by atoms with E-state index in [4.69, 9.17) is 0 Å². The van der Waals surface area contributed by atoms with Gasteiger partial charge >= 0.3 is 0 Å². The maximum atomic E-state index is 12.0. The maximum absolute atomic E-state index is 12.0. The lowest BCUT2D eigenvalue weighted by Gasteiger charge is -2.22. The molecule has 1 aliphatic heterocycles. The molecular weight excluding hydrogens is 363 g/mol. The van der Waals surface area contributed by atoms with Crippen LogP contribution in [0.25, 0.3) is 0 Å². The molecule has 0 saturated carbocycles. The molecule has 0 spiro atoms. The molecule has 1 saturated heterocycles. The van der Waals surface area contributed by atoms with Crippen molar-refractivity contribution in [1.82, 2.24) is 5.32 Å². The summed E-state index contributed by atoms with van der Waals surface area (Å²) >= 11 is 2.28. The molecule has 0 aromatic heterocycles. The Hall–Kier alpha value is -0.330. The molecule has 3 nitrogen and oxygen atoms in total. The third kappa shape index (κ3) is 4.10. The third-order valence-electron chi connectivity index (χ3n) is 3.07. The lowest BCUT2D eigenvalue weighted by molar-refractivity contribution is -0.118. The highest BCUT2D eigenvalue weighted by atomic mass is 127. The summed E-state index contributed by atoms with van der Waals surface area (Å²) in [6.45, 7) is 3.01.